The molecule has 0 aliphatic carbocycles. The van der Waals surface area contributed by atoms with Gasteiger partial charge in [-0.2, -0.15) is 9.97 Å². The number of likely N-dealkylation sites (tertiary alicyclic amines) is 1. The number of hydrogen-bond donors (Lipinski definition) is 4. The van der Waals surface area contributed by atoms with Gasteiger partial charge in [0.2, 0.25) is 5.95 Å². The van der Waals surface area contributed by atoms with E-state index in [1.165, 1.54) is 0 Å². The average Bonchev–Trinajstić information content (AvgIpc) is 2.63. The second-order valence-corrected chi connectivity index (χ2v) is 4.03. The molecule has 2 heterocycles. The average molecular weight is 223 g/mol. The van der Waals surface area contributed by atoms with Crippen molar-refractivity contribution in [3.8, 4) is 0 Å². The number of hydrazine groups is 1. The van der Waals surface area contributed by atoms with E-state index in [0.717, 1.165) is 19.5 Å². The number of hydrogen-bond acceptors (Lipinski definition) is 7. The molecule has 1 aliphatic rings. The molecule has 16 heavy (non-hydrogen) atoms. The van der Waals surface area contributed by atoms with Crippen LogP contribution in [0.15, 0.2) is 6.07 Å². The van der Waals surface area contributed by atoms with Gasteiger partial charge in [0.1, 0.15) is 11.6 Å². The van der Waals surface area contributed by atoms with E-state index in [4.69, 9.17) is 11.6 Å². The first-order valence-corrected chi connectivity index (χ1v) is 5.23. The summed E-state index contributed by atoms with van der Waals surface area (Å²) in [6.07, 6.45) is 1.10. The summed E-state index contributed by atoms with van der Waals surface area (Å²) in [6, 6.07) is 2.15. The van der Waals surface area contributed by atoms with Crippen molar-refractivity contribution in [1.82, 2.24) is 14.9 Å². The van der Waals surface area contributed by atoms with Crippen LogP contribution in [0.25, 0.3) is 0 Å². The van der Waals surface area contributed by atoms with Crippen LogP contribution in [0.1, 0.15) is 6.42 Å². The first-order chi connectivity index (χ1) is 7.67. The Morgan fingerprint density at radius 3 is 2.81 bits per heavy atom. The minimum Gasteiger partial charge on any atom is -0.368 e. The van der Waals surface area contributed by atoms with E-state index in [-0.39, 0.29) is 5.95 Å². The molecule has 0 saturated carbocycles. The van der Waals surface area contributed by atoms with Gasteiger partial charge in [0.15, 0.2) is 0 Å². The highest BCUT2D eigenvalue weighted by molar-refractivity contribution is 5.50. The summed E-state index contributed by atoms with van der Waals surface area (Å²) < 4.78 is 0. The van der Waals surface area contributed by atoms with Crippen LogP contribution in [0.2, 0.25) is 0 Å². The first-order valence-electron chi connectivity index (χ1n) is 5.23. The number of nitrogens with two attached hydrogens (primary N) is 2. The molecule has 6 N–H and O–H groups in total. The van der Waals surface area contributed by atoms with E-state index in [1.54, 1.807) is 6.07 Å². The molecule has 2 rings (SSSR count). The zero-order valence-corrected chi connectivity index (χ0v) is 9.27. The van der Waals surface area contributed by atoms with Crippen LogP contribution in [-0.2, 0) is 0 Å². The molecule has 0 radical (unpaired) electrons. The number of rotatable bonds is 3. The summed E-state index contributed by atoms with van der Waals surface area (Å²) in [6.45, 7) is 2.11. The molecule has 1 aromatic heterocycles. The summed E-state index contributed by atoms with van der Waals surface area (Å²) in [5.41, 5.74) is 8.03. The summed E-state index contributed by atoms with van der Waals surface area (Å²) in [4.78, 5) is 10.3. The molecule has 7 nitrogen and oxygen atoms in total. The minimum atomic E-state index is 0.212. The van der Waals surface area contributed by atoms with Crippen LogP contribution < -0.4 is 22.3 Å². The van der Waals surface area contributed by atoms with Gasteiger partial charge in [-0.3, -0.25) is 0 Å². The Bertz CT molecular complexity index is 367. The third-order valence-electron chi connectivity index (χ3n) is 2.63. The van der Waals surface area contributed by atoms with E-state index in [1.807, 2.05) is 0 Å². The number of nitrogen functional groups attached to an aromatic ring is 2. The Morgan fingerprint density at radius 1 is 1.44 bits per heavy atom. The predicted molar refractivity (Wildman–Crippen MR) is 63.8 cm³/mol. The van der Waals surface area contributed by atoms with Crippen molar-refractivity contribution in [2.24, 2.45) is 5.84 Å². The zero-order valence-electron chi connectivity index (χ0n) is 9.27. The van der Waals surface area contributed by atoms with Gasteiger partial charge in [-0.25, -0.2) is 5.84 Å². The van der Waals surface area contributed by atoms with E-state index >= 15 is 0 Å². The van der Waals surface area contributed by atoms with Crippen molar-refractivity contribution in [2.45, 2.75) is 12.5 Å². The Morgan fingerprint density at radius 2 is 2.19 bits per heavy atom. The highest BCUT2D eigenvalue weighted by Crippen LogP contribution is 2.16. The molecule has 0 aromatic carbocycles. The lowest BCUT2D eigenvalue weighted by molar-refractivity contribution is 0.414. The Hall–Kier alpha value is -1.60. The summed E-state index contributed by atoms with van der Waals surface area (Å²) in [5, 5.41) is 3.32. The fraction of sp³-hybridized carbons (Fsp3) is 0.556. The van der Waals surface area contributed by atoms with Crippen LogP contribution >= 0.6 is 0 Å². The van der Waals surface area contributed by atoms with E-state index in [2.05, 4.69) is 32.7 Å². The lowest BCUT2D eigenvalue weighted by Gasteiger charge is -2.14. The van der Waals surface area contributed by atoms with E-state index in [0.29, 0.717) is 17.7 Å². The van der Waals surface area contributed by atoms with Gasteiger partial charge in [0, 0.05) is 18.7 Å². The highest BCUT2D eigenvalue weighted by Gasteiger charge is 2.19. The normalized spacial score (nSPS) is 21.0. The molecule has 1 fully saturated rings. The van der Waals surface area contributed by atoms with Gasteiger partial charge in [-0.1, -0.05) is 0 Å². The van der Waals surface area contributed by atoms with E-state index in [9.17, 15) is 0 Å². The highest BCUT2D eigenvalue weighted by atomic mass is 15.3. The van der Waals surface area contributed by atoms with Crippen molar-refractivity contribution in [1.29, 1.82) is 0 Å². The molecule has 0 spiro atoms. The second kappa shape index (κ2) is 4.50. The van der Waals surface area contributed by atoms with Gasteiger partial charge in [0.25, 0.3) is 0 Å². The Labute approximate surface area is 94.2 Å². The fourth-order valence-corrected chi connectivity index (χ4v) is 1.88. The minimum absolute atomic E-state index is 0.212. The maximum atomic E-state index is 5.57. The number of nitrogens with one attached hydrogen (secondary N) is 2. The van der Waals surface area contributed by atoms with Crippen LogP contribution in [0.3, 0.4) is 0 Å². The van der Waals surface area contributed by atoms with E-state index < -0.39 is 0 Å². The Kier molecular flexibility index (Phi) is 3.07. The first kappa shape index (κ1) is 10.9. The third kappa shape index (κ3) is 2.50. The summed E-state index contributed by atoms with van der Waals surface area (Å²) in [7, 11) is 2.10. The molecule has 1 aliphatic heterocycles. The van der Waals surface area contributed by atoms with Crippen LogP contribution in [0, 0.1) is 0 Å². The molecule has 1 unspecified atom stereocenters. The van der Waals surface area contributed by atoms with Gasteiger partial charge in [0.05, 0.1) is 0 Å². The summed E-state index contributed by atoms with van der Waals surface area (Å²) in [5.74, 6) is 6.72. The maximum absolute atomic E-state index is 5.57. The van der Waals surface area contributed by atoms with Crippen LogP contribution in [-0.4, -0.2) is 41.0 Å². The molecular weight excluding hydrogens is 206 g/mol. The summed E-state index contributed by atoms with van der Waals surface area (Å²) >= 11 is 0. The number of likely N-dealkylation sites (N-methyl/N-ethyl adjacent to an activating group) is 1. The van der Waals surface area contributed by atoms with Crippen LogP contribution in [0.5, 0.6) is 0 Å². The quantitative estimate of drug-likeness (QED) is 0.403. The monoisotopic (exact) mass is 223 g/mol. The third-order valence-corrected chi connectivity index (χ3v) is 2.63. The van der Waals surface area contributed by atoms with Gasteiger partial charge in [-0.05, 0) is 20.0 Å². The van der Waals surface area contributed by atoms with Crippen molar-refractivity contribution >= 4 is 17.6 Å². The molecule has 1 atom stereocenters. The molecule has 88 valence electrons. The maximum Gasteiger partial charge on any atom is 0.223 e. The van der Waals surface area contributed by atoms with Crippen molar-refractivity contribution < 1.29 is 0 Å². The van der Waals surface area contributed by atoms with Gasteiger partial charge in [-0.15, -0.1) is 0 Å². The standard InChI is InChI=1S/C9H17N7/c1-16-3-2-6(5-16)12-7-4-8(15-11)14-9(10)13-7/h4,6H,2-3,5,11H2,1H3,(H4,10,12,13,14,15). The molecule has 0 bridgehead atoms. The second-order valence-electron chi connectivity index (χ2n) is 4.03. The molecule has 1 saturated heterocycles. The molecule has 7 heteroatoms. The SMILES string of the molecule is CN1CCC(Nc2cc(NN)nc(N)n2)C1. The lowest BCUT2D eigenvalue weighted by Crippen LogP contribution is -2.24. The van der Waals surface area contributed by atoms with Crippen LogP contribution in [0.4, 0.5) is 17.6 Å². The number of anilines is 3. The predicted octanol–water partition coefficient (Wildman–Crippen LogP) is -0.540. The van der Waals surface area contributed by atoms with Crippen molar-refractivity contribution in [3.05, 3.63) is 6.07 Å². The molecule has 0 amide bonds. The lowest BCUT2D eigenvalue weighted by atomic mass is 10.2. The fourth-order valence-electron chi connectivity index (χ4n) is 1.88. The number of nitrogens with zero attached hydrogens (tertiary/aromatic N) is 3. The largest absolute Gasteiger partial charge is 0.368 e. The molecular formula is C9H17N7. The molecule has 1 aromatic rings. The zero-order chi connectivity index (χ0) is 11.5. The van der Waals surface area contributed by atoms with Crippen molar-refractivity contribution in [2.75, 3.05) is 36.6 Å². The van der Waals surface area contributed by atoms with Gasteiger partial charge < -0.3 is 21.4 Å². The van der Waals surface area contributed by atoms with Gasteiger partial charge >= 0.3 is 0 Å². The topological polar surface area (TPSA) is 105 Å². The smallest absolute Gasteiger partial charge is 0.223 e. The Balaban J connectivity index is 2.06. The van der Waals surface area contributed by atoms with Crippen molar-refractivity contribution in [3.63, 3.8) is 0 Å². The number of aromatic nitrogens is 2.